The topological polar surface area (TPSA) is 72.8 Å². The molecule has 0 radical (unpaired) electrons. The van der Waals surface area contributed by atoms with E-state index < -0.39 is 6.10 Å². The van der Waals surface area contributed by atoms with Crippen molar-refractivity contribution in [3.63, 3.8) is 0 Å². The summed E-state index contributed by atoms with van der Waals surface area (Å²) in [6.07, 6.45) is 27.2. The molecule has 38 heavy (non-hydrogen) atoms. The third-order valence-corrected chi connectivity index (χ3v) is 7.33. The van der Waals surface area contributed by atoms with Crippen molar-refractivity contribution in [3.05, 3.63) is 0 Å². The van der Waals surface area contributed by atoms with Gasteiger partial charge in [0.2, 0.25) is 0 Å². The molecule has 0 aliphatic heterocycles. The highest BCUT2D eigenvalue weighted by Gasteiger charge is 2.16. The first kappa shape index (κ1) is 36.9. The van der Waals surface area contributed by atoms with Gasteiger partial charge in [0.1, 0.15) is 6.61 Å². The minimum Gasteiger partial charge on any atom is -0.462 e. The molecule has 1 N–H and O–H groups in total. The minimum atomic E-state index is -0.760. The van der Waals surface area contributed by atoms with Gasteiger partial charge in [-0.3, -0.25) is 9.59 Å². The van der Waals surface area contributed by atoms with Gasteiger partial charge in [0.25, 0.3) is 0 Å². The first-order chi connectivity index (χ1) is 18.5. The van der Waals surface area contributed by atoms with Crippen molar-refractivity contribution in [1.29, 1.82) is 0 Å². The first-order valence-corrected chi connectivity index (χ1v) is 16.5. The van der Waals surface area contributed by atoms with Gasteiger partial charge in [0.05, 0.1) is 6.61 Å². The molecule has 0 heterocycles. The van der Waals surface area contributed by atoms with Crippen LogP contribution in [0.3, 0.4) is 0 Å². The van der Waals surface area contributed by atoms with Gasteiger partial charge in [-0.15, -0.1) is 0 Å². The summed E-state index contributed by atoms with van der Waals surface area (Å²) in [5.41, 5.74) is 0. The van der Waals surface area contributed by atoms with E-state index in [0.29, 0.717) is 12.8 Å². The highest BCUT2D eigenvalue weighted by atomic mass is 16.6. The van der Waals surface area contributed by atoms with E-state index in [4.69, 9.17) is 9.47 Å². The SMILES string of the molecule is CCCCCCCCCCCCCC(=O)O[C@@H](CO)COC(=O)CCCCCCCCCCCCC(C)C. The smallest absolute Gasteiger partial charge is 0.306 e. The van der Waals surface area contributed by atoms with Crippen LogP contribution in [-0.2, 0) is 19.1 Å². The Morgan fingerprint density at radius 3 is 1.39 bits per heavy atom. The number of ether oxygens (including phenoxy) is 2. The Morgan fingerprint density at radius 1 is 0.579 bits per heavy atom. The van der Waals surface area contributed by atoms with Crippen LogP contribution in [0.5, 0.6) is 0 Å². The van der Waals surface area contributed by atoms with Gasteiger partial charge in [-0.05, 0) is 18.8 Å². The lowest BCUT2D eigenvalue weighted by Gasteiger charge is -2.15. The van der Waals surface area contributed by atoms with Crippen LogP contribution in [0.4, 0.5) is 0 Å². The molecular weight excluding hydrogens is 476 g/mol. The van der Waals surface area contributed by atoms with E-state index in [1.165, 1.54) is 103 Å². The van der Waals surface area contributed by atoms with E-state index in [-0.39, 0.29) is 25.2 Å². The van der Waals surface area contributed by atoms with E-state index in [2.05, 4.69) is 20.8 Å². The fourth-order valence-corrected chi connectivity index (χ4v) is 4.80. The monoisotopic (exact) mass is 540 g/mol. The number of carbonyl (C=O) groups is 2. The van der Waals surface area contributed by atoms with Crippen LogP contribution in [-0.4, -0.2) is 36.4 Å². The summed E-state index contributed by atoms with van der Waals surface area (Å²) in [6.45, 7) is 6.45. The van der Waals surface area contributed by atoms with E-state index in [1.54, 1.807) is 0 Å². The number of aliphatic hydroxyl groups excluding tert-OH is 1. The van der Waals surface area contributed by atoms with Crippen molar-refractivity contribution in [1.82, 2.24) is 0 Å². The summed E-state index contributed by atoms with van der Waals surface area (Å²) in [4.78, 5) is 24.0. The van der Waals surface area contributed by atoms with Gasteiger partial charge in [0, 0.05) is 12.8 Å². The Balaban J connectivity index is 3.55. The molecule has 1 atom stereocenters. The maximum Gasteiger partial charge on any atom is 0.306 e. The number of aliphatic hydroxyl groups is 1. The Kier molecular flexibility index (Phi) is 28.1. The summed E-state index contributed by atoms with van der Waals surface area (Å²) in [7, 11) is 0. The summed E-state index contributed by atoms with van der Waals surface area (Å²) in [6, 6.07) is 0. The van der Waals surface area contributed by atoms with E-state index in [0.717, 1.165) is 44.4 Å². The van der Waals surface area contributed by atoms with Gasteiger partial charge in [-0.1, -0.05) is 149 Å². The number of unbranched alkanes of at least 4 members (excludes halogenated alkanes) is 19. The summed E-state index contributed by atoms with van der Waals surface area (Å²) >= 11 is 0. The Morgan fingerprint density at radius 2 is 0.974 bits per heavy atom. The van der Waals surface area contributed by atoms with Crippen molar-refractivity contribution < 1.29 is 24.2 Å². The lowest BCUT2D eigenvalue weighted by Crippen LogP contribution is -2.28. The number of hydrogen-bond donors (Lipinski definition) is 1. The molecule has 0 bridgehead atoms. The van der Waals surface area contributed by atoms with Crippen molar-refractivity contribution in [2.45, 2.75) is 181 Å². The Bertz CT molecular complexity index is 520. The van der Waals surface area contributed by atoms with Crippen LogP contribution in [0.2, 0.25) is 0 Å². The van der Waals surface area contributed by atoms with E-state index in [9.17, 15) is 14.7 Å². The number of carbonyl (C=O) groups excluding carboxylic acids is 2. The number of rotatable bonds is 29. The number of esters is 2. The molecule has 0 saturated heterocycles. The van der Waals surface area contributed by atoms with Gasteiger partial charge < -0.3 is 14.6 Å². The molecule has 5 nitrogen and oxygen atoms in total. The zero-order valence-electron chi connectivity index (χ0n) is 25.6. The number of hydrogen-bond acceptors (Lipinski definition) is 5. The van der Waals surface area contributed by atoms with Gasteiger partial charge in [-0.2, -0.15) is 0 Å². The molecule has 226 valence electrons. The normalized spacial score (nSPS) is 12.1. The van der Waals surface area contributed by atoms with Crippen LogP contribution < -0.4 is 0 Å². The molecule has 0 fully saturated rings. The largest absolute Gasteiger partial charge is 0.462 e. The molecule has 0 aliphatic rings. The van der Waals surface area contributed by atoms with Crippen LogP contribution in [0.1, 0.15) is 175 Å². The van der Waals surface area contributed by atoms with Gasteiger partial charge in [0.15, 0.2) is 6.10 Å². The fraction of sp³-hybridized carbons (Fsp3) is 0.939. The molecule has 0 aliphatic carbocycles. The average molecular weight is 541 g/mol. The molecule has 0 amide bonds. The average Bonchev–Trinajstić information content (AvgIpc) is 2.90. The zero-order chi connectivity index (χ0) is 28.1. The predicted molar refractivity (Wildman–Crippen MR) is 159 cm³/mol. The Hall–Kier alpha value is -1.10. The molecule has 0 aromatic heterocycles. The summed E-state index contributed by atoms with van der Waals surface area (Å²) in [5, 5.41) is 9.48. The lowest BCUT2D eigenvalue weighted by molar-refractivity contribution is -0.161. The molecule has 5 heteroatoms. The van der Waals surface area contributed by atoms with Crippen molar-refractivity contribution in [2.75, 3.05) is 13.2 Å². The molecule has 0 aromatic rings. The van der Waals surface area contributed by atoms with Gasteiger partial charge in [-0.25, -0.2) is 0 Å². The maximum atomic E-state index is 12.1. The Labute approximate surface area is 236 Å². The molecule has 0 saturated carbocycles. The second kappa shape index (κ2) is 28.9. The molecule has 0 aromatic carbocycles. The molecular formula is C33H64O5. The van der Waals surface area contributed by atoms with Crippen molar-refractivity contribution >= 4 is 11.9 Å². The first-order valence-electron chi connectivity index (χ1n) is 16.5. The van der Waals surface area contributed by atoms with Crippen LogP contribution >= 0.6 is 0 Å². The van der Waals surface area contributed by atoms with Crippen LogP contribution in [0, 0.1) is 5.92 Å². The van der Waals surface area contributed by atoms with Gasteiger partial charge >= 0.3 is 11.9 Å². The predicted octanol–water partition coefficient (Wildman–Crippen LogP) is 9.47. The highest BCUT2D eigenvalue weighted by molar-refractivity contribution is 5.70. The maximum absolute atomic E-state index is 12.1. The van der Waals surface area contributed by atoms with E-state index in [1.807, 2.05) is 0 Å². The second-order valence-corrected chi connectivity index (χ2v) is 11.7. The molecule has 0 unspecified atom stereocenters. The highest BCUT2D eigenvalue weighted by Crippen LogP contribution is 2.15. The third kappa shape index (κ3) is 27.9. The summed E-state index contributed by atoms with van der Waals surface area (Å²) in [5.74, 6) is 0.243. The van der Waals surface area contributed by atoms with E-state index >= 15 is 0 Å². The zero-order valence-corrected chi connectivity index (χ0v) is 25.6. The molecule has 0 rings (SSSR count). The minimum absolute atomic E-state index is 0.0590. The summed E-state index contributed by atoms with van der Waals surface area (Å²) < 4.78 is 10.5. The van der Waals surface area contributed by atoms with Crippen LogP contribution in [0.25, 0.3) is 0 Å². The quantitative estimate of drug-likeness (QED) is 0.0755. The standard InChI is InChI=1S/C33H64O5/c1-4-5-6-7-8-9-10-15-18-21-24-27-33(36)38-31(28-34)29-37-32(35)26-23-20-17-14-12-11-13-16-19-22-25-30(2)3/h30-31,34H,4-29H2,1-3H3/t31-/m0/s1. The second-order valence-electron chi connectivity index (χ2n) is 11.7. The third-order valence-electron chi connectivity index (χ3n) is 7.33. The van der Waals surface area contributed by atoms with Crippen molar-refractivity contribution in [2.24, 2.45) is 5.92 Å². The fourth-order valence-electron chi connectivity index (χ4n) is 4.80. The molecule has 0 spiro atoms. The van der Waals surface area contributed by atoms with Crippen molar-refractivity contribution in [3.8, 4) is 0 Å². The lowest BCUT2D eigenvalue weighted by atomic mass is 10.0. The van der Waals surface area contributed by atoms with Crippen LogP contribution in [0.15, 0.2) is 0 Å².